The maximum atomic E-state index is 6.09. The molecule has 0 spiro atoms. The zero-order valence-electron chi connectivity index (χ0n) is 9.87. The summed E-state index contributed by atoms with van der Waals surface area (Å²) in [5.74, 6) is 0.881. The Hall–Kier alpha value is -0.600. The van der Waals surface area contributed by atoms with E-state index in [4.69, 9.17) is 11.8 Å². The van der Waals surface area contributed by atoms with Gasteiger partial charge < -0.3 is 0 Å². The molecule has 0 bridgehead atoms. The minimum Gasteiger partial charge on any atom is -0.231 e. The monoisotopic (exact) mass is 255 g/mol. The highest BCUT2D eigenvalue weighted by Gasteiger charge is 2.04. The highest BCUT2D eigenvalue weighted by atomic mass is 35.5. The maximum Gasteiger partial charge on any atom is 0.0398 e. The Morgan fingerprint density at radius 3 is 2.56 bits per heavy atom. The lowest BCUT2D eigenvalue weighted by atomic mass is 10.2. The predicted octanol–water partition coefficient (Wildman–Crippen LogP) is 4.91. The van der Waals surface area contributed by atoms with Crippen molar-refractivity contribution in [3.8, 4) is 0 Å². The summed E-state index contributed by atoms with van der Waals surface area (Å²) < 4.78 is 1.66. The number of benzene rings is 1. The summed E-state index contributed by atoms with van der Waals surface area (Å²) in [5.41, 5.74) is 3.54. The van der Waals surface area contributed by atoms with E-state index < -0.39 is 0 Å². The van der Waals surface area contributed by atoms with Crippen LogP contribution >= 0.6 is 23.7 Å². The fourth-order valence-electron chi connectivity index (χ4n) is 1.28. The van der Waals surface area contributed by atoms with Crippen LogP contribution in [0.3, 0.4) is 0 Å². The standard InChI is InChI=1S/C13H18ClNS/c1-4-5-12(3)15(14)16-10-13-8-6-11(2)7-9-13/h6-9H,3-5,10H2,1-2H3. The average Bonchev–Trinajstić information content (AvgIpc) is 2.28. The molecular weight excluding hydrogens is 238 g/mol. The van der Waals surface area contributed by atoms with Gasteiger partial charge in [0.05, 0.1) is 0 Å². The van der Waals surface area contributed by atoms with E-state index in [2.05, 4.69) is 44.7 Å². The molecule has 1 aromatic rings. The number of rotatable bonds is 6. The Balaban J connectivity index is 2.39. The van der Waals surface area contributed by atoms with Crippen molar-refractivity contribution < 1.29 is 0 Å². The van der Waals surface area contributed by atoms with Gasteiger partial charge in [0.2, 0.25) is 0 Å². The molecule has 0 amide bonds. The van der Waals surface area contributed by atoms with E-state index in [1.165, 1.54) is 11.1 Å². The van der Waals surface area contributed by atoms with E-state index in [-0.39, 0.29) is 0 Å². The molecule has 1 nitrogen and oxygen atoms in total. The smallest absolute Gasteiger partial charge is 0.0398 e. The Kier molecular flexibility index (Phi) is 5.78. The summed E-state index contributed by atoms with van der Waals surface area (Å²) in [4.78, 5) is 0. The van der Waals surface area contributed by atoms with Crippen LogP contribution in [-0.2, 0) is 5.75 Å². The minimum absolute atomic E-state index is 0.881. The Morgan fingerprint density at radius 1 is 1.38 bits per heavy atom. The summed E-state index contributed by atoms with van der Waals surface area (Å²) in [5, 5.41) is 0. The lowest BCUT2D eigenvalue weighted by molar-refractivity contribution is 0.770. The Labute approximate surface area is 108 Å². The predicted molar refractivity (Wildman–Crippen MR) is 74.2 cm³/mol. The van der Waals surface area contributed by atoms with Gasteiger partial charge in [0.1, 0.15) is 0 Å². The fraction of sp³-hybridized carbons (Fsp3) is 0.385. The molecule has 0 atom stereocenters. The first-order chi connectivity index (χ1) is 7.63. The van der Waals surface area contributed by atoms with E-state index in [0.29, 0.717) is 0 Å². The Morgan fingerprint density at radius 2 is 2.00 bits per heavy atom. The molecule has 1 aromatic carbocycles. The van der Waals surface area contributed by atoms with Crippen molar-refractivity contribution in [2.24, 2.45) is 0 Å². The van der Waals surface area contributed by atoms with Crippen molar-refractivity contribution in [1.29, 1.82) is 0 Å². The van der Waals surface area contributed by atoms with Gasteiger partial charge in [-0.3, -0.25) is 0 Å². The zero-order chi connectivity index (χ0) is 12.0. The number of allylic oxidation sites excluding steroid dienone is 1. The van der Waals surface area contributed by atoms with Crippen LogP contribution < -0.4 is 0 Å². The van der Waals surface area contributed by atoms with Crippen molar-refractivity contribution in [2.75, 3.05) is 0 Å². The molecule has 16 heavy (non-hydrogen) atoms. The van der Waals surface area contributed by atoms with Gasteiger partial charge in [-0.15, -0.1) is 0 Å². The maximum absolute atomic E-state index is 6.09. The van der Waals surface area contributed by atoms with Crippen LogP contribution in [0.15, 0.2) is 36.5 Å². The number of aryl methyl sites for hydroxylation is 1. The fourth-order valence-corrected chi connectivity index (χ4v) is 2.24. The lowest BCUT2D eigenvalue weighted by Crippen LogP contribution is -2.01. The molecular formula is C13H18ClNS. The van der Waals surface area contributed by atoms with Crippen LogP contribution in [0.2, 0.25) is 0 Å². The average molecular weight is 256 g/mol. The van der Waals surface area contributed by atoms with Crippen molar-refractivity contribution in [3.63, 3.8) is 0 Å². The van der Waals surface area contributed by atoms with Crippen LogP contribution in [0.25, 0.3) is 0 Å². The molecule has 0 saturated carbocycles. The Bertz CT molecular complexity index is 334. The van der Waals surface area contributed by atoms with E-state index >= 15 is 0 Å². The summed E-state index contributed by atoms with van der Waals surface area (Å²) in [7, 11) is 0. The topological polar surface area (TPSA) is 3.24 Å². The normalized spacial score (nSPS) is 10.2. The first kappa shape index (κ1) is 13.5. The molecule has 3 heteroatoms. The van der Waals surface area contributed by atoms with Gasteiger partial charge in [0.15, 0.2) is 0 Å². The number of hydrogen-bond acceptors (Lipinski definition) is 2. The lowest BCUT2D eigenvalue weighted by Gasteiger charge is -2.16. The quantitative estimate of drug-likeness (QED) is 0.525. The van der Waals surface area contributed by atoms with Gasteiger partial charge in [-0.05, 0) is 30.9 Å². The molecule has 0 fully saturated rings. The summed E-state index contributed by atoms with van der Waals surface area (Å²) in [6.45, 7) is 8.16. The summed E-state index contributed by atoms with van der Waals surface area (Å²) in [6, 6.07) is 8.51. The molecule has 0 aromatic heterocycles. The van der Waals surface area contributed by atoms with E-state index in [1.54, 1.807) is 15.8 Å². The van der Waals surface area contributed by atoms with Crippen LogP contribution in [-0.4, -0.2) is 3.82 Å². The van der Waals surface area contributed by atoms with E-state index in [1.807, 2.05) is 0 Å². The van der Waals surface area contributed by atoms with Crippen LogP contribution in [0.1, 0.15) is 30.9 Å². The molecule has 0 aliphatic rings. The van der Waals surface area contributed by atoms with E-state index in [0.717, 1.165) is 24.3 Å². The van der Waals surface area contributed by atoms with Crippen LogP contribution in [0, 0.1) is 6.92 Å². The second-order valence-corrected chi connectivity index (χ2v) is 5.27. The molecule has 0 aliphatic carbocycles. The van der Waals surface area contributed by atoms with Crippen molar-refractivity contribution in [1.82, 2.24) is 3.82 Å². The summed E-state index contributed by atoms with van der Waals surface area (Å²) in [6.07, 6.45) is 2.03. The molecule has 0 saturated heterocycles. The molecule has 0 unspecified atom stereocenters. The van der Waals surface area contributed by atoms with Crippen molar-refractivity contribution >= 4 is 23.7 Å². The van der Waals surface area contributed by atoms with Gasteiger partial charge in [-0.1, -0.05) is 49.8 Å². The molecule has 0 radical (unpaired) electrons. The third-order valence-corrected chi connectivity index (χ3v) is 3.73. The highest BCUT2D eigenvalue weighted by Crippen LogP contribution is 2.25. The van der Waals surface area contributed by atoms with E-state index in [9.17, 15) is 0 Å². The van der Waals surface area contributed by atoms with Crippen LogP contribution in [0.4, 0.5) is 0 Å². The second kappa shape index (κ2) is 6.87. The van der Waals surface area contributed by atoms with Crippen molar-refractivity contribution in [2.45, 2.75) is 32.4 Å². The number of hydrogen-bond donors (Lipinski definition) is 0. The summed E-state index contributed by atoms with van der Waals surface area (Å²) >= 11 is 7.67. The van der Waals surface area contributed by atoms with Gasteiger partial charge >= 0.3 is 0 Å². The van der Waals surface area contributed by atoms with Gasteiger partial charge in [-0.2, -0.15) is 0 Å². The first-order valence-corrected chi connectivity index (χ1v) is 6.73. The zero-order valence-corrected chi connectivity index (χ0v) is 11.4. The number of nitrogens with zero attached hydrogens (tertiary/aromatic N) is 1. The molecule has 0 heterocycles. The van der Waals surface area contributed by atoms with Gasteiger partial charge in [0.25, 0.3) is 0 Å². The first-order valence-electron chi connectivity index (χ1n) is 5.45. The second-order valence-electron chi connectivity index (χ2n) is 3.82. The highest BCUT2D eigenvalue weighted by molar-refractivity contribution is 7.97. The van der Waals surface area contributed by atoms with Crippen molar-refractivity contribution in [3.05, 3.63) is 47.7 Å². The number of halogens is 1. The third kappa shape index (κ3) is 4.50. The SMILES string of the molecule is C=C(CCC)N(Cl)SCc1ccc(C)cc1. The largest absolute Gasteiger partial charge is 0.231 e. The molecule has 1 rings (SSSR count). The molecule has 0 aliphatic heterocycles. The van der Waals surface area contributed by atoms with Gasteiger partial charge in [-0.25, -0.2) is 3.82 Å². The van der Waals surface area contributed by atoms with Crippen LogP contribution in [0.5, 0.6) is 0 Å². The third-order valence-electron chi connectivity index (χ3n) is 2.25. The molecule has 0 N–H and O–H groups in total. The van der Waals surface area contributed by atoms with Gasteiger partial charge in [0, 0.05) is 23.2 Å². The molecule has 88 valence electrons. The minimum atomic E-state index is 0.881.